The van der Waals surface area contributed by atoms with Gasteiger partial charge in [-0.15, -0.1) is 11.3 Å². The van der Waals surface area contributed by atoms with Crippen LogP contribution in [0, 0.1) is 11.8 Å². The van der Waals surface area contributed by atoms with E-state index >= 15 is 0 Å². The number of hydrogen-bond donors (Lipinski definition) is 1. The molecule has 1 aromatic heterocycles. The Balaban J connectivity index is 1.42. The first-order valence-corrected chi connectivity index (χ1v) is 10.9. The molecule has 0 radical (unpaired) electrons. The number of hydrogen-bond acceptors (Lipinski definition) is 4. The third kappa shape index (κ3) is 5.69. The van der Waals surface area contributed by atoms with Crippen LogP contribution in [0.2, 0.25) is 0 Å². The molecule has 2 aliphatic heterocycles. The van der Waals surface area contributed by atoms with E-state index in [9.17, 15) is 4.79 Å². The van der Waals surface area contributed by atoms with Gasteiger partial charge in [0, 0.05) is 50.6 Å². The number of amides is 1. The van der Waals surface area contributed by atoms with Gasteiger partial charge in [-0.2, -0.15) is 0 Å². The molecule has 1 N–H and O–H groups in total. The van der Waals surface area contributed by atoms with Crippen LogP contribution in [0.4, 0.5) is 0 Å². The second-order valence-electron chi connectivity index (χ2n) is 7.52. The summed E-state index contributed by atoms with van der Waals surface area (Å²) in [5.41, 5.74) is 0. The van der Waals surface area contributed by atoms with Crippen molar-refractivity contribution in [2.75, 3.05) is 53.0 Å². The number of thiophene rings is 1. The van der Waals surface area contributed by atoms with Gasteiger partial charge in [0.15, 0.2) is 5.96 Å². The number of aliphatic imine (C=N–C) groups is 1. The quantitative estimate of drug-likeness (QED) is 0.616. The fourth-order valence-electron chi connectivity index (χ4n) is 3.82. The Morgan fingerprint density at radius 1 is 1.30 bits per heavy atom. The summed E-state index contributed by atoms with van der Waals surface area (Å²) in [7, 11) is 1.84. The monoisotopic (exact) mass is 392 g/mol. The molecule has 2 fully saturated rings. The van der Waals surface area contributed by atoms with Gasteiger partial charge in [-0.25, -0.2) is 0 Å². The maximum absolute atomic E-state index is 12.7. The number of piperidine rings is 1. The zero-order valence-corrected chi connectivity index (χ0v) is 17.3. The third-order valence-corrected chi connectivity index (χ3v) is 6.32. The number of ether oxygens (including phenoxy) is 1. The molecule has 1 aromatic rings. The molecule has 0 saturated carbocycles. The van der Waals surface area contributed by atoms with Crippen molar-refractivity contribution in [1.29, 1.82) is 0 Å². The summed E-state index contributed by atoms with van der Waals surface area (Å²) in [4.78, 5) is 22.8. The molecule has 150 valence electrons. The molecule has 2 aliphatic rings. The zero-order valence-electron chi connectivity index (χ0n) is 16.5. The number of carbonyl (C=O) groups excluding carboxylic acids is 1. The van der Waals surface area contributed by atoms with E-state index in [1.165, 1.54) is 4.88 Å². The summed E-state index contributed by atoms with van der Waals surface area (Å²) in [6.07, 6.45) is 2.90. The lowest BCUT2D eigenvalue weighted by atomic mass is 9.95. The molecular weight excluding hydrogens is 360 g/mol. The summed E-state index contributed by atoms with van der Waals surface area (Å²) in [5, 5.41) is 5.66. The lowest BCUT2D eigenvalue weighted by Crippen LogP contribution is -2.50. The van der Waals surface area contributed by atoms with Crippen LogP contribution in [0.25, 0.3) is 0 Å². The largest absolute Gasteiger partial charge is 0.378 e. The minimum Gasteiger partial charge on any atom is -0.378 e. The Kier molecular flexibility index (Phi) is 7.52. The van der Waals surface area contributed by atoms with Crippen molar-refractivity contribution in [1.82, 2.24) is 15.1 Å². The maximum Gasteiger partial charge on any atom is 0.225 e. The SMILES string of the molecule is CN=C(NCC(C)Cc1cccs1)N1CCC(C(=O)N2CCOCC2)CC1. The van der Waals surface area contributed by atoms with E-state index in [0.29, 0.717) is 25.0 Å². The summed E-state index contributed by atoms with van der Waals surface area (Å²) in [6.45, 7) is 7.79. The van der Waals surface area contributed by atoms with Crippen molar-refractivity contribution in [2.24, 2.45) is 16.8 Å². The van der Waals surface area contributed by atoms with Crippen LogP contribution in [0.15, 0.2) is 22.5 Å². The summed E-state index contributed by atoms with van der Waals surface area (Å²) >= 11 is 1.82. The van der Waals surface area contributed by atoms with E-state index in [2.05, 4.69) is 39.6 Å². The normalized spacial score (nSPS) is 20.6. The first kappa shape index (κ1) is 20.1. The highest BCUT2D eigenvalue weighted by Gasteiger charge is 2.30. The van der Waals surface area contributed by atoms with E-state index < -0.39 is 0 Å². The molecule has 2 saturated heterocycles. The van der Waals surface area contributed by atoms with Gasteiger partial charge in [-0.05, 0) is 36.6 Å². The fraction of sp³-hybridized carbons (Fsp3) is 0.700. The minimum absolute atomic E-state index is 0.148. The Hall–Kier alpha value is -1.60. The predicted molar refractivity (Wildman–Crippen MR) is 110 cm³/mol. The Morgan fingerprint density at radius 2 is 2.04 bits per heavy atom. The lowest BCUT2D eigenvalue weighted by molar-refractivity contribution is -0.140. The molecule has 7 heteroatoms. The average Bonchev–Trinajstić information content (AvgIpc) is 3.22. The number of nitrogens with one attached hydrogen (secondary N) is 1. The number of carbonyl (C=O) groups is 1. The van der Waals surface area contributed by atoms with Gasteiger partial charge >= 0.3 is 0 Å². The van der Waals surface area contributed by atoms with Crippen LogP contribution >= 0.6 is 11.3 Å². The van der Waals surface area contributed by atoms with Gasteiger partial charge in [0.2, 0.25) is 5.91 Å². The highest BCUT2D eigenvalue weighted by molar-refractivity contribution is 7.09. The molecule has 1 unspecified atom stereocenters. The first-order valence-electron chi connectivity index (χ1n) is 10.0. The number of guanidine groups is 1. The molecule has 0 aromatic carbocycles. The molecule has 3 heterocycles. The second kappa shape index (κ2) is 10.1. The van der Waals surface area contributed by atoms with Gasteiger partial charge in [-0.1, -0.05) is 13.0 Å². The molecule has 3 rings (SSSR count). The van der Waals surface area contributed by atoms with E-state index in [1.54, 1.807) is 0 Å². The van der Waals surface area contributed by atoms with Gasteiger partial charge < -0.3 is 19.9 Å². The molecule has 1 atom stereocenters. The van der Waals surface area contributed by atoms with Crippen molar-refractivity contribution >= 4 is 23.2 Å². The zero-order chi connectivity index (χ0) is 19.1. The lowest BCUT2D eigenvalue weighted by Gasteiger charge is -2.37. The minimum atomic E-state index is 0.148. The molecule has 27 heavy (non-hydrogen) atoms. The van der Waals surface area contributed by atoms with Crippen molar-refractivity contribution in [2.45, 2.75) is 26.2 Å². The standard InChI is InChI=1S/C20H32N4O2S/c1-16(14-18-4-3-13-27-18)15-22-20(21-2)24-7-5-17(6-8-24)19(25)23-9-11-26-12-10-23/h3-4,13,16-17H,5-12,14-15H2,1-2H3,(H,21,22). The van der Waals surface area contributed by atoms with E-state index in [1.807, 2.05) is 23.3 Å². The molecule has 1 amide bonds. The van der Waals surface area contributed by atoms with Gasteiger partial charge in [-0.3, -0.25) is 9.79 Å². The molecule has 0 aliphatic carbocycles. The fourth-order valence-corrected chi connectivity index (χ4v) is 4.69. The predicted octanol–water partition coefficient (Wildman–Crippen LogP) is 2.07. The van der Waals surface area contributed by atoms with Crippen molar-refractivity contribution < 1.29 is 9.53 Å². The van der Waals surface area contributed by atoms with Gasteiger partial charge in [0.25, 0.3) is 0 Å². The van der Waals surface area contributed by atoms with Gasteiger partial charge in [0.1, 0.15) is 0 Å². The van der Waals surface area contributed by atoms with Crippen LogP contribution in [-0.2, 0) is 16.0 Å². The highest BCUT2D eigenvalue weighted by Crippen LogP contribution is 2.20. The Labute approximate surface area is 166 Å². The van der Waals surface area contributed by atoms with Crippen molar-refractivity contribution in [3.8, 4) is 0 Å². The average molecular weight is 393 g/mol. The summed E-state index contributed by atoms with van der Waals surface area (Å²) in [5.74, 6) is 1.98. The van der Waals surface area contributed by atoms with E-state index in [0.717, 1.165) is 57.9 Å². The van der Waals surface area contributed by atoms with Crippen LogP contribution in [0.1, 0.15) is 24.6 Å². The second-order valence-corrected chi connectivity index (χ2v) is 8.55. The molecule has 6 nitrogen and oxygen atoms in total. The number of nitrogens with zero attached hydrogens (tertiary/aromatic N) is 3. The van der Waals surface area contributed by atoms with Crippen molar-refractivity contribution in [3.05, 3.63) is 22.4 Å². The Morgan fingerprint density at radius 3 is 2.67 bits per heavy atom. The topological polar surface area (TPSA) is 57.2 Å². The van der Waals surface area contributed by atoms with Crippen molar-refractivity contribution in [3.63, 3.8) is 0 Å². The number of rotatable bonds is 5. The van der Waals surface area contributed by atoms with E-state index in [-0.39, 0.29) is 5.92 Å². The molecule has 0 spiro atoms. The maximum atomic E-state index is 12.7. The smallest absolute Gasteiger partial charge is 0.225 e. The molecular formula is C20H32N4O2S. The number of morpholine rings is 1. The molecule has 0 bridgehead atoms. The van der Waals surface area contributed by atoms with Crippen LogP contribution in [0.3, 0.4) is 0 Å². The Bertz CT molecular complexity index is 606. The number of likely N-dealkylation sites (tertiary alicyclic amines) is 1. The van der Waals surface area contributed by atoms with E-state index in [4.69, 9.17) is 4.74 Å². The summed E-state index contributed by atoms with van der Waals surface area (Å²) in [6, 6.07) is 4.31. The van der Waals surface area contributed by atoms with Crippen LogP contribution in [0.5, 0.6) is 0 Å². The first-order chi connectivity index (χ1) is 13.2. The van der Waals surface area contributed by atoms with Gasteiger partial charge in [0.05, 0.1) is 13.2 Å². The van der Waals surface area contributed by atoms with Crippen LogP contribution < -0.4 is 5.32 Å². The summed E-state index contributed by atoms with van der Waals surface area (Å²) < 4.78 is 5.35. The third-order valence-electron chi connectivity index (χ3n) is 5.42. The van der Waals surface area contributed by atoms with Crippen LogP contribution in [-0.4, -0.2) is 74.7 Å². The highest BCUT2D eigenvalue weighted by atomic mass is 32.1.